The van der Waals surface area contributed by atoms with Crippen LogP contribution in [-0.4, -0.2) is 50.5 Å². The molecule has 28 heavy (non-hydrogen) atoms. The lowest BCUT2D eigenvalue weighted by atomic mass is 10.1. The summed E-state index contributed by atoms with van der Waals surface area (Å²) in [6, 6.07) is 13.3. The molecule has 0 fully saturated rings. The van der Waals surface area contributed by atoms with Gasteiger partial charge in [-0.05, 0) is 30.3 Å². The van der Waals surface area contributed by atoms with Gasteiger partial charge >= 0.3 is 0 Å². The van der Waals surface area contributed by atoms with Gasteiger partial charge in [-0.25, -0.2) is 9.97 Å². The number of rotatable bonds is 8. The van der Waals surface area contributed by atoms with Gasteiger partial charge in [-0.2, -0.15) is 0 Å². The second-order valence-corrected chi connectivity index (χ2v) is 6.83. The fourth-order valence-corrected chi connectivity index (χ4v) is 3.31. The van der Waals surface area contributed by atoms with E-state index in [-0.39, 0.29) is 12.4 Å². The van der Waals surface area contributed by atoms with Gasteiger partial charge in [0, 0.05) is 43.3 Å². The predicted octanol–water partition coefficient (Wildman–Crippen LogP) is 1.71. The Morgan fingerprint density at radius 2 is 1.61 bits per heavy atom. The summed E-state index contributed by atoms with van der Waals surface area (Å²) in [5, 5.41) is 2.06. The van der Waals surface area contributed by atoms with E-state index in [0.717, 1.165) is 22.3 Å². The summed E-state index contributed by atoms with van der Waals surface area (Å²) in [4.78, 5) is 11.7. The van der Waals surface area contributed by atoms with Crippen LogP contribution in [0.3, 0.4) is 0 Å². The monoisotopic (exact) mass is 440 g/mol. The molecule has 3 rings (SSSR count). The van der Waals surface area contributed by atoms with Crippen molar-refractivity contribution < 1.29 is 21.9 Å². The molecule has 0 radical (unpaired) electrons. The molecule has 150 valence electrons. The number of benzene rings is 2. The fraction of sp³-hybridized carbons (Fsp3) is 0.300. The van der Waals surface area contributed by atoms with E-state index in [2.05, 4.69) is 4.90 Å². The van der Waals surface area contributed by atoms with Gasteiger partial charge in [0.15, 0.2) is 5.82 Å². The first-order chi connectivity index (χ1) is 13.1. The van der Waals surface area contributed by atoms with E-state index in [1.165, 1.54) is 0 Å². The summed E-state index contributed by atoms with van der Waals surface area (Å²) in [6.45, 7) is 2.54. The quantitative estimate of drug-likeness (QED) is 0.533. The number of nitrogens with zero attached hydrogens (tertiary/aromatic N) is 3. The van der Waals surface area contributed by atoms with Crippen molar-refractivity contribution in [3.05, 3.63) is 52.5 Å². The number of para-hydroxylation sites is 1. The fourth-order valence-electron chi connectivity index (χ4n) is 2.82. The van der Waals surface area contributed by atoms with Gasteiger partial charge < -0.3 is 26.8 Å². The minimum Gasteiger partial charge on any atom is -1.00 e. The highest BCUT2D eigenvalue weighted by atomic mass is 35.5. The zero-order valence-electron chi connectivity index (χ0n) is 15.7. The van der Waals surface area contributed by atoms with Crippen molar-refractivity contribution in [2.75, 3.05) is 45.4 Å². The number of aromatic nitrogens is 2. The first-order valence-electron chi connectivity index (χ1n) is 8.59. The summed E-state index contributed by atoms with van der Waals surface area (Å²) in [5.74, 6) is 1.39. The third-order valence-electron chi connectivity index (χ3n) is 4.19. The Kier molecular flexibility index (Phi) is 8.73. The Hall–Kier alpha value is -1.63. The van der Waals surface area contributed by atoms with Gasteiger partial charge in [0.05, 0.1) is 23.8 Å². The van der Waals surface area contributed by atoms with Crippen molar-refractivity contribution in [2.45, 2.75) is 0 Å². The van der Waals surface area contributed by atoms with Gasteiger partial charge in [-0.1, -0.05) is 35.3 Å². The molecule has 0 aliphatic carbocycles. The molecule has 3 aromatic rings. The van der Waals surface area contributed by atoms with Crippen LogP contribution in [0, 0.1) is 0 Å². The molecule has 2 aromatic carbocycles. The minimum absolute atomic E-state index is 0. The first kappa shape index (κ1) is 22.7. The van der Waals surface area contributed by atoms with Crippen LogP contribution in [0.1, 0.15) is 0 Å². The molecule has 0 aliphatic rings. The normalized spacial score (nSPS) is 10.7. The number of hydrogen-bond donors (Lipinski definition) is 0. The van der Waals surface area contributed by atoms with Crippen molar-refractivity contribution in [3.63, 3.8) is 0 Å². The zero-order chi connectivity index (χ0) is 19.2. The standard InChI is InChI=1S/C20H21Cl2N3O2.ClH/c1-26-11-9-25(10-12-27-2)20-16-5-3-4-6-18(16)23-19(24-20)15-8-7-14(21)13-17(15)22;/h3-8,13H,9-12H2,1-2H3;1H/p-1. The average Bonchev–Trinajstić information content (AvgIpc) is 2.67. The average molecular weight is 442 g/mol. The summed E-state index contributed by atoms with van der Waals surface area (Å²) in [6.07, 6.45) is 0. The van der Waals surface area contributed by atoms with Crippen molar-refractivity contribution in [1.29, 1.82) is 0 Å². The Morgan fingerprint density at radius 1 is 0.929 bits per heavy atom. The molecule has 0 bridgehead atoms. The molecule has 8 heteroatoms. The summed E-state index contributed by atoms with van der Waals surface area (Å²) < 4.78 is 10.5. The predicted molar refractivity (Wildman–Crippen MR) is 111 cm³/mol. The zero-order valence-corrected chi connectivity index (χ0v) is 17.9. The second-order valence-electron chi connectivity index (χ2n) is 5.98. The highest BCUT2D eigenvalue weighted by molar-refractivity contribution is 6.36. The highest BCUT2D eigenvalue weighted by Crippen LogP contribution is 2.32. The molecule has 0 saturated heterocycles. The maximum Gasteiger partial charge on any atom is 0.163 e. The maximum atomic E-state index is 6.40. The van der Waals surface area contributed by atoms with E-state index >= 15 is 0 Å². The molecule has 0 aliphatic heterocycles. The second kappa shape index (κ2) is 10.8. The van der Waals surface area contributed by atoms with Crippen LogP contribution in [0.2, 0.25) is 10.0 Å². The van der Waals surface area contributed by atoms with E-state index in [0.29, 0.717) is 42.2 Å². The van der Waals surface area contributed by atoms with Gasteiger partial charge in [-0.3, -0.25) is 0 Å². The first-order valence-corrected chi connectivity index (χ1v) is 9.34. The Labute approximate surface area is 181 Å². The molecule has 0 amide bonds. The smallest absolute Gasteiger partial charge is 0.163 e. The Bertz CT molecular complexity index is 916. The van der Waals surface area contributed by atoms with Gasteiger partial charge in [0.1, 0.15) is 5.82 Å². The Morgan fingerprint density at radius 3 is 2.25 bits per heavy atom. The number of hydrogen-bond acceptors (Lipinski definition) is 5. The van der Waals surface area contributed by atoms with E-state index in [1.807, 2.05) is 30.3 Å². The molecule has 0 spiro atoms. The number of methoxy groups -OCH3 is 2. The minimum atomic E-state index is 0. The van der Waals surface area contributed by atoms with Gasteiger partial charge in [-0.15, -0.1) is 0 Å². The van der Waals surface area contributed by atoms with Crippen molar-refractivity contribution >= 4 is 39.9 Å². The van der Waals surface area contributed by atoms with Crippen LogP contribution in [0.5, 0.6) is 0 Å². The molecule has 0 unspecified atom stereocenters. The SMILES string of the molecule is COCCN(CCOC)c1nc(-c2ccc(Cl)cc2Cl)nc2ccccc12.[Cl-]. The highest BCUT2D eigenvalue weighted by Gasteiger charge is 2.17. The Balaban J connectivity index is 0.00000280. The van der Waals surface area contributed by atoms with Gasteiger partial charge in [0.2, 0.25) is 0 Å². The molecule has 0 atom stereocenters. The molecule has 0 N–H and O–H groups in total. The molecule has 0 saturated carbocycles. The lowest BCUT2D eigenvalue weighted by molar-refractivity contribution is -0.00000611. The van der Waals surface area contributed by atoms with Crippen LogP contribution in [0.15, 0.2) is 42.5 Å². The maximum absolute atomic E-state index is 6.40. The summed E-state index contributed by atoms with van der Waals surface area (Å²) in [7, 11) is 3.37. The number of ether oxygens (including phenoxy) is 2. The third kappa shape index (κ3) is 5.25. The van der Waals surface area contributed by atoms with E-state index < -0.39 is 0 Å². The van der Waals surface area contributed by atoms with E-state index in [4.69, 9.17) is 42.6 Å². The molecule has 1 aromatic heterocycles. The molecular formula is C20H21Cl3N3O2-. The lowest BCUT2D eigenvalue weighted by Gasteiger charge is -2.25. The summed E-state index contributed by atoms with van der Waals surface area (Å²) in [5.41, 5.74) is 1.59. The van der Waals surface area contributed by atoms with Crippen LogP contribution >= 0.6 is 23.2 Å². The number of anilines is 1. The topological polar surface area (TPSA) is 47.5 Å². The van der Waals surface area contributed by atoms with Crippen molar-refractivity contribution in [1.82, 2.24) is 9.97 Å². The molecule has 1 heterocycles. The summed E-state index contributed by atoms with van der Waals surface area (Å²) >= 11 is 12.4. The van der Waals surface area contributed by atoms with Crippen molar-refractivity contribution in [2.24, 2.45) is 0 Å². The lowest BCUT2D eigenvalue weighted by Crippen LogP contribution is -3.00. The van der Waals surface area contributed by atoms with E-state index in [1.54, 1.807) is 26.4 Å². The number of fused-ring (bicyclic) bond motifs is 1. The largest absolute Gasteiger partial charge is 1.00 e. The van der Waals surface area contributed by atoms with Crippen LogP contribution in [0.25, 0.3) is 22.3 Å². The van der Waals surface area contributed by atoms with Crippen LogP contribution < -0.4 is 17.3 Å². The van der Waals surface area contributed by atoms with Crippen LogP contribution in [-0.2, 0) is 9.47 Å². The van der Waals surface area contributed by atoms with Crippen molar-refractivity contribution in [3.8, 4) is 11.4 Å². The van der Waals surface area contributed by atoms with Gasteiger partial charge in [0.25, 0.3) is 0 Å². The molecular weight excluding hydrogens is 421 g/mol. The van der Waals surface area contributed by atoms with E-state index in [9.17, 15) is 0 Å². The third-order valence-corrected chi connectivity index (χ3v) is 4.73. The van der Waals surface area contributed by atoms with Crippen LogP contribution in [0.4, 0.5) is 5.82 Å². The molecule has 5 nitrogen and oxygen atoms in total. The number of halogens is 3.